The Morgan fingerprint density at radius 3 is 2.52 bits per heavy atom. The molecule has 1 saturated heterocycles. The highest BCUT2D eigenvalue weighted by atomic mass is 19.3. The molecule has 128 valence electrons. The van der Waals surface area contributed by atoms with Gasteiger partial charge in [-0.25, -0.2) is 13.6 Å². The van der Waals surface area contributed by atoms with Crippen molar-refractivity contribution >= 4 is 6.09 Å². The first kappa shape index (κ1) is 17.7. The van der Waals surface area contributed by atoms with Crippen molar-refractivity contribution < 1.29 is 23.0 Å². The van der Waals surface area contributed by atoms with Crippen molar-refractivity contribution in [1.29, 1.82) is 0 Å². The molecule has 1 atom stereocenters. The number of nitrogens with zero attached hydrogens (tertiary/aromatic N) is 1. The molecular weight excluding hydrogens is 304 g/mol. The second-order valence-corrected chi connectivity index (χ2v) is 6.74. The van der Waals surface area contributed by atoms with Gasteiger partial charge >= 0.3 is 6.09 Å². The minimum Gasteiger partial charge on any atom is -0.444 e. The van der Waals surface area contributed by atoms with Crippen LogP contribution in [0, 0.1) is 0 Å². The quantitative estimate of drug-likeness (QED) is 0.846. The number of amides is 1. The lowest BCUT2D eigenvalue weighted by molar-refractivity contribution is -0.174. The molecule has 23 heavy (non-hydrogen) atoms. The number of ether oxygens (including phenoxy) is 2. The van der Waals surface area contributed by atoms with Crippen LogP contribution in [-0.4, -0.2) is 41.7 Å². The number of likely N-dealkylation sites (tertiary alicyclic amines) is 1. The fraction of sp³-hybridized carbons (Fsp3) is 0.588. The topological polar surface area (TPSA) is 38.8 Å². The van der Waals surface area contributed by atoms with E-state index < -0.39 is 30.3 Å². The zero-order chi connectivity index (χ0) is 17.1. The van der Waals surface area contributed by atoms with Gasteiger partial charge in [-0.2, -0.15) is 0 Å². The summed E-state index contributed by atoms with van der Waals surface area (Å²) < 4.78 is 39.0. The van der Waals surface area contributed by atoms with Crippen LogP contribution in [0.3, 0.4) is 0 Å². The summed E-state index contributed by atoms with van der Waals surface area (Å²) in [5.41, 5.74) is 0.144. The SMILES string of the molecule is CC(C)(C)OC(=O)N1CCC(OCc2ccccc2)C(F)(F)C1. The highest BCUT2D eigenvalue weighted by Gasteiger charge is 2.47. The predicted molar refractivity (Wildman–Crippen MR) is 82.4 cm³/mol. The number of rotatable bonds is 3. The molecule has 4 nitrogen and oxygen atoms in total. The minimum atomic E-state index is -3.09. The number of carbonyl (C=O) groups excluding carboxylic acids is 1. The lowest BCUT2D eigenvalue weighted by atomic mass is 10.0. The Hall–Kier alpha value is -1.69. The molecule has 0 N–H and O–H groups in total. The Kier molecular flexibility index (Phi) is 5.24. The first-order chi connectivity index (χ1) is 10.7. The maximum atomic E-state index is 14.2. The Balaban J connectivity index is 1.91. The van der Waals surface area contributed by atoms with Crippen molar-refractivity contribution in [1.82, 2.24) is 4.90 Å². The van der Waals surface area contributed by atoms with Gasteiger partial charge in [0.05, 0.1) is 13.2 Å². The number of halogens is 2. The minimum absolute atomic E-state index is 0.0824. The fourth-order valence-corrected chi connectivity index (χ4v) is 2.38. The van der Waals surface area contributed by atoms with E-state index in [9.17, 15) is 13.6 Å². The summed E-state index contributed by atoms with van der Waals surface area (Å²) in [6, 6.07) is 9.18. The second kappa shape index (κ2) is 6.83. The second-order valence-electron chi connectivity index (χ2n) is 6.74. The van der Waals surface area contributed by atoms with Crippen LogP contribution >= 0.6 is 0 Å². The Morgan fingerprint density at radius 1 is 1.30 bits per heavy atom. The van der Waals surface area contributed by atoms with Crippen LogP contribution < -0.4 is 0 Å². The van der Waals surface area contributed by atoms with Crippen molar-refractivity contribution in [3.05, 3.63) is 35.9 Å². The molecule has 1 aliphatic heterocycles. The number of benzene rings is 1. The molecular formula is C17H23F2NO3. The van der Waals surface area contributed by atoms with Crippen LogP contribution in [0.25, 0.3) is 0 Å². The van der Waals surface area contributed by atoms with E-state index >= 15 is 0 Å². The summed E-state index contributed by atoms with van der Waals surface area (Å²) >= 11 is 0. The molecule has 0 aliphatic carbocycles. The van der Waals surface area contributed by atoms with Gasteiger partial charge in [-0.3, -0.25) is 0 Å². The average molecular weight is 327 g/mol. The van der Waals surface area contributed by atoms with Crippen molar-refractivity contribution in [3.8, 4) is 0 Å². The van der Waals surface area contributed by atoms with Gasteiger partial charge in [0, 0.05) is 6.54 Å². The largest absolute Gasteiger partial charge is 0.444 e. The highest BCUT2D eigenvalue weighted by molar-refractivity contribution is 5.68. The average Bonchev–Trinajstić information content (AvgIpc) is 2.44. The van der Waals surface area contributed by atoms with Crippen molar-refractivity contribution in [2.45, 2.75) is 51.4 Å². The maximum Gasteiger partial charge on any atom is 0.410 e. The molecule has 0 spiro atoms. The van der Waals surface area contributed by atoms with Crippen LogP contribution in [0.15, 0.2) is 30.3 Å². The molecule has 6 heteroatoms. The smallest absolute Gasteiger partial charge is 0.410 e. The van der Waals surface area contributed by atoms with E-state index in [4.69, 9.17) is 9.47 Å². The molecule has 1 aromatic carbocycles. The number of piperidine rings is 1. The molecule has 0 aromatic heterocycles. The van der Waals surface area contributed by atoms with Gasteiger partial charge in [0.25, 0.3) is 5.92 Å². The van der Waals surface area contributed by atoms with E-state index in [-0.39, 0.29) is 19.6 Å². The van der Waals surface area contributed by atoms with Gasteiger partial charge in [0.1, 0.15) is 11.7 Å². The zero-order valence-corrected chi connectivity index (χ0v) is 13.7. The standard InChI is InChI=1S/C17H23F2NO3/c1-16(2,3)23-15(21)20-10-9-14(17(18,19)12-20)22-11-13-7-5-4-6-8-13/h4-8,14H,9-12H2,1-3H3. The monoisotopic (exact) mass is 327 g/mol. The van der Waals surface area contributed by atoms with E-state index in [1.165, 1.54) is 0 Å². The van der Waals surface area contributed by atoms with E-state index in [1.54, 1.807) is 20.8 Å². The summed E-state index contributed by atoms with van der Waals surface area (Å²) in [7, 11) is 0. The number of hydrogen-bond acceptors (Lipinski definition) is 3. The first-order valence-electron chi connectivity index (χ1n) is 7.69. The first-order valence-corrected chi connectivity index (χ1v) is 7.69. The van der Waals surface area contributed by atoms with Crippen LogP contribution in [-0.2, 0) is 16.1 Å². The highest BCUT2D eigenvalue weighted by Crippen LogP contribution is 2.31. The summed E-state index contributed by atoms with van der Waals surface area (Å²) in [6.45, 7) is 4.77. The fourth-order valence-electron chi connectivity index (χ4n) is 2.38. The van der Waals surface area contributed by atoms with Gasteiger partial charge in [-0.15, -0.1) is 0 Å². The molecule has 1 unspecified atom stereocenters. The van der Waals surface area contributed by atoms with Crippen LogP contribution in [0.5, 0.6) is 0 Å². The van der Waals surface area contributed by atoms with Gasteiger partial charge < -0.3 is 14.4 Å². The Morgan fingerprint density at radius 2 is 1.96 bits per heavy atom. The Bertz CT molecular complexity index is 528. The molecule has 1 aromatic rings. The third kappa shape index (κ3) is 5.16. The van der Waals surface area contributed by atoms with Crippen molar-refractivity contribution in [3.63, 3.8) is 0 Å². The van der Waals surface area contributed by atoms with Crippen LogP contribution in [0.1, 0.15) is 32.8 Å². The zero-order valence-electron chi connectivity index (χ0n) is 13.7. The molecule has 1 fully saturated rings. The van der Waals surface area contributed by atoms with Crippen molar-refractivity contribution in [2.75, 3.05) is 13.1 Å². The molecule has 1 amide bonds. The molecule has 0 radical (unpaired) electrons. The number of hydrogen-bond donors (Lipinski definition) is 0. The summed E-state index contributed by atoms with van der Waals surface area (Å²) in [5, 5.41) is 0. The van der Waals surface area contributed by atoms with Crippen LogP contribution in [0.2, 0.25) is 0 Å². The van der Waals surface area contributed by atoms with Gasteiger partial charge in [-0.05, 0) is 32.8 Å². The van der Waals surface area contributed by atoms with Gasteiger partial charge in [0.2, 0.25) is 0 Å². The van der Waals surface area contributed by atoms with E-state index in [0.717, 1.165) is 10.5 Å². The lowest BCUT2D eigenvalue weighted by Gasteiger charge is -2.38. The van der Waals surface area contributed by atoms with Gasteiger partial charge in [-0.1, -0.05) is 30.3 Å². The summed E-state index contributed by atoms with van der Waals surface area (Å²) in [6.07, 6.45) is -1.82. The molecule has 2 rings (SSSR count). The third-order valence-corrected chi connectivity index (χ3v) is 3.48. The lowest BCUT2D eigenvalue weighted by Crippen LogP contribution is -2.55. The van der Waals surface area contributed by atoms with E-state index in [1.807, 2.05) is 30.3 Å². The molecule has 0 bridgehead atoms. The predicted octanol–water partition coefficient (Wildman–Crippen LogP) is 3.85. The molecule has 1 heterocycles. The summed E-state index contributed by atoms with van der Waals surface area (Å²) in [5.74, 6) is -3.09. The normalized spacial score (nSPS) is 21.1. The Labute approximate surface area is 135 Å². The molecule has 1 aliphatic rings. The van der Waals surface area contributed by atoms with Crippen LogP contribution in [0.4, 0.5) is 13.6 Å². The molecule has 0 saturated carbocycles. The summed E-state index contributed by atoms with van der Waals surface area (Å²) in [4.78, 5) is 13.0. The van der Waals surface area contributed by atoms with E-state index in [2.05, 4.69) is 0 Å². The van der Waals surface area contributed by atoms with E-state index in [0.29, 0.717) is 0 Å². The van der Waals surface area contributed by atoms with Crippen molar-refractivity contribution in [2.24, 2.45) is 0 Å². The van der Waals surface area contributed by atoms with Gasteiger partial charge in [0.15, 0.2) is 0 Å². The number of alkyl halides is 2. The maximum absolute atomic E-state index is 14.2. The third-order valence-electron chi connectivity index (χ3n) is 3.48. The number of carbonyl (C=O) groups is 1.